The summed E-state index contributed by atoms with van der Waals surface area (Å²) in [6, 6.07) is 0. The predicted octanol–water partition coefficient (Wildman–Crippen LogP) is 3.81. The fourth-order valence-electron chi connectivity index (χ4n) is 2.13. The van der Waals surface area contributed by atoms with Crippen molar-refractivity contribution in [2.45, 2.75) is 37.8 Å². The second-order valence-electron chi connectivity index (χ2n) is 5.91. The molecule has 0 aliphatic heterocycles. The molecule has 3 heterocycles. The molecule has 9 heteroatoms. The molecule has 0 fully saturated rings. The number of thiophene rings is 1. The maximum Gasteiger partial charge on any atom is 0.259 e. The maximum absolute atomic E-state index is 12.3. The topological polar surface area (TPSA) is 83.6 Å². The minimum atomic E-state index is -0.0611. The molecule has 0 saturated carbocycles. The molecule has 0 bridgehead atoms. The van der Waals surface area contributed by atoms with Gasteiger partial charge in [0.05, 0.1) is 11.1 Å². The Hall–Kier alpha value is -1.45. The Bertz CT molecular complexity index is 912. The van der Waals surface area contributed by atoms with Crippen molar-refractivity contribution < 1.29 is 0 Å². The van der Waals surface area contributed by atoms with Gasteiger partial charge in [0.15, 0.2) is 4.34 Å². The van der Waals surface area contributed by atoms with Crippen molar-refractivity contribution in [2.24, 2.45) is 5.92 Å². The lowest BCUT2D eigenvalue weighted by atomic mass is 10.2. The van der Waals surface area contributed by atoms with E-state index in [1.54, 1.807) is 11.3 Å². The number of rotatable bonds is 6. The molecule has 24 heavy (non-hydrogen) atoms. The van der Waals surface area contributed by atoms with E-state index in [0.717, 1.165) is 31.3 Å². The van der Waals surface area contributed by atoms with Gasteiger partial charge in [-0.25, -0.2) is 4.98 Å². The maximum atomic E-state index is 12.3. The third-order valence-electron chi connectivity index (χ3n) is 3.49. The second kappa shape index (κ2) is 7.20. The lowest BCUT2D eigenvalue weighted by molar-refractivity contribution is 0.687. The molecule has 0 spiro atoms. The quantitative estimate of drug-likeness (QED) is 0.632. The van der Waals surface area contributed by atoms with Crippen LogP contribution < -0.4 is 10.9 Å². The number of aromatic nitrogens is 4. The van der Waals surface area contributed by atoms with Crippen LogP contribution in [0.25, 0.3) is 10.2 Å². The van der Waals surface area contributed by atoms with E-state index in [9.17, 15) is 4.79 Å². The highest BCUT2D eigenvalue weighted by Gasteiger charge is 2.13. The zero-order chi connectivity index (χ0) is 17.3. The van der Waals surface area contributed by atoms with Gasteiger partial charge in [-0.3, -0.25) is 4.79 Å². The number of thioether (sulfide) groups is 1. The highest BCUT2D eigenvalue weighted by molar-refractivity contribution is 8.00. The van der Waals surface area contributed by atoms with Crippen LogP contribution in [0, 0.1) is 19.8 Å². The fraction of sp³-hybridized carbons (Fsp3) is 0.467. The lowest BCUT2D eigenvalue weighted by Gasteiger charge is -2.03. The van der Waals surface area contributed by atoms with E-state index in [0.29, 0.717) is 22.9 Å². The highest BCUT2D eigenvalue weighted by Crippen LogP contribution is 2.29. The van der Waals surface area contributed by atoms with Gasteiger partial charge < -0.3 is 10.3 Å². The first-order valence-electron chi connectivity index (χ1n) is 7.63. The van der Waals surface area contributed by atoms with Gasteiger partial charge in [0.1, 0.15) is 10.7 Å². The van der Waals surface area contributed by atoms with Crippen molar-refractivity contribution in [3.05, 3.63) is 26.6 Å². The summed E-state index contributed by atoms with van der Waals surface area (Å²) in [4.78, 5) is 21.7. The zero-order valence-corrected chi connectivity index (χ0v) is 16.4. The van der Waals surface area contributed by atoms with Gasteiger partial charge in [-0.1, -0.05) is 36.9 Å². The third kappa shape index (κ3) is 3.79. The minimum absolute atomic E-state index is 0.0611. The van der Waals surface area contributed by atoms with Gasteiger partial charge in [-0.2, -0.15) is 0 Å². The third-order valence-corrected chi connectivity index (χ3v) is 6.62. The van der Waals surface area contributed by atoms with Crippen molar-refractivity contribution in [1.29, 1.82) is 0 Å². The number of nitrogens with zero attached hydrogens (tertiary/aromatic N) is 3. The average Bonchev–Trinajstić information content (AvgIpc) is 3.08. The standard InChI is InChI=1S/C15H19N5OS3/c1-7(2)5-16-14-19-20-15(24-14)22-6-10-17-12(21)11-8(3)9(4)23-13(11)18-10/h7H,5-6H2,1-4H3,(H,16,19)(H,17,18,21). The SMILES string of the molecule is Cc1sc2nc(CSc3nnc(NCC(C)C)s3)[nH]c(=O)c2c1C. The number of aryl methyl sites for hydroxylation is 2. The molecule has 0 aromatic carbocycles. The summed E-state index contributed by atoms with van der Waals surface area (Å²) in [6.45, 7) is 9.16. The molecule has 128 valence electrons. The van der Waals surface area contributed by atoms with E-state index in [4.69, 9.17) is 0 Å². The monoisotopic (exact) mass is 381 g/mol. The number of anilines is 1. The van der Waals surface area contributed by atoms with E-state index >= 15 is 0 Å². The Morgan fingerprint density at radius 1 is 1.25 bits per heavy atom. The molecule has 3 aromatic heterocycles. The van der Waals surface area contributed by atoms with Gasteiger partial charge in [-0.15, -0.1) is 21.5 Å². The van der Waals surface area contributed by atoms with Crippen LogP contribution in [0.2, 0.25) is 0 Å². The summed E-state index contributed by atoms with van der Waals surface area (Å²) in [7, 11) is 0. The van der Waals surface area contributed by atoms with Crippen molar-refractivity contribution in [2.75, 3.05) is 11.9 Å². The number of nitrogens with one attached hydrogen (secondary N) is 2. The molecule has 3 rings (SSSR count). The first kappa shape index (κ1) is 17.4. The fourth-order valence-corrected chi connectivity index (χ4v) is 4.81. The van der Waals surface area contributed by atoms with Crippen molar-refractivity contribution in [3.8, 4) is 0 Å². The van der Waals surface area contributed by atoms with Gasteiger partial charge in [0, 0.05) is 11.4 Å². The van der Waals surface area contributed by atoms with Gasteiger partial charge in [-0.05, 0) is 25.3 Å². The average molecular weight is 382 g/mol. The van der Waals surface area contributed by atoms with Crippen LogP contribution in [0.1, 0.15) is 30.1 Å². The van der Waals surface area contributed by atoms with Crippen molar-refractivity contribution in [3.63, 3.8) is 0 Å². The Labute approximate surface area is 152 Å². The number of hydrogen-bond donors (Lipinski definition) is 2. The molecule has 6 nitrogen and oxygen atoms in total. The Morgan fingerprint density at radius 3 is 2.79 bits per heavy atom. The number of aromatic amines is 1. The molecule has 0 saturated heterocycles. The molecule has 0 amide bonds. The van der Waals surface area contributed by atoms with E-state index in [1.807, 2.05) is 13.8 Å². The normalized spacial score (nSPS) is 11.5. The molecular formula is C15H19N5OS3. The van der Waals surface area contributed by atoms with Crippen LogP contribution in [0.3, 0.4) is 0 Å². The molecule has 3 aromatic rings. The molecule has 0 unspecified atom stereocenters. The number of H-pyrrole nitrogens is 1. The zero-order valence-electron chi connectivity index (χ0n) is 14.0. The largest absolute Gasteiger partial charge is 0.360 e. The molecule has 0 aliphatic rings. The van der Waals surface area contributed by atoms with Crippen LogP contribution in [-0.2, 0) is 5.75 Å². The molecule has 2 N–H and O–H groups in total. The lowest BCUT2D eigenvalue weighted by Crippen LogP contribution is -2.10. The summed E-state index contributed by atoms with van der Waals surface area (Å²) in [5.41, 5.74) is 0.960. The first-order chi connectivity index (χ1) is 11.4. The smallest absolute Gasteiger partial charge is 0.259 e. The second-order valence-corrected chi connectivity index (χ2v) is 9.32. The summed E-state index contributed by atoms with van der Waals surface area (Å²) in [6.07, 6.45) is 0. The number of hydrogen-bond acceptors (Lipinski definition) is 8. The molecule has 0 radical (unpaired) electrons. The van der Waals surface area contributed by atoms with Crippen LogP contribution in [-0.4, -0.2) is 26.7 Å². The van der Waals surface area contributed by atoms with Crippen molar-refractivity contribution >= 4 is 49.8 Å². The van der Waals surface area contributed by atoms with E-state index in [1.165, 1.54) is 23.1 Å². The van der Waals surface area contributed by atoms with Crippen LogP contribution >= 0.6 is 34.4 Å². The van der Waals surface area contributed by atoms with Crippen LogP contribution in [0.15, 0.2) is 9.13 Å². The highest BCUT2D eigenvalue weighted by atomic mass is 32.2. The summed E-state index contributed by atoms with van der Waals surface area (Å²) >= 11 is 4.62. The van der Waals surface area contributed by atoms with E-state index in [2.05, 4.69) is 39.3 Å². The Balaban J connectivity index is 1.71. The van der Waals surface area contributed by atoms with Crippen molar-refractivity contribution in [1.82, 2.24) is 20.2 Å². The van der Waals surface area contributed by atoms with Gasteiger partial charge in [0.25, 0.3) is 5.56 Å². The summed E-state index contributed by atoms with van der Waals surface area (Å²) < 4.78 is 0.863. The molecule has 0 aliphatic carbocycles. The Morgan fingerprint density at radius 2 is 2.04 bits per heavy atom. The predicted molar refractivity (Wildman–Crippen MR) is 103 cm³/mol. The molecular weight excluding hydrogens is 362 g/mol. The minimum Gasteiger partial charge on any atom is -0.360 e. The van der Waals surface area contributed by atoms with Crippen LogP contribution in [0.4, 0.5) is 5.13 Å². The summed E-state index contributed by atoms with van der Waals surface area (Å²) in [5.74, 6) is 1.80. The van der Waals surface area contributed by atoms with Crippen LogP contribution in [0.5, 0.6) is 0 Å². The summed E-state index contributed by atoms with van der Waals surface area (Å²) in [5, 5.41) is 13.1. The van der Waals surface area contributed by atoms with E-state index < -0.39 is 0 Å². The Kier molecular flexibility index (Phi) is 5.21. The van der Waals surface area contributed by atoms with Gasteiger partial charge in [0.2, 0.25) is 5.13 Å². The van der Waals surface area contributed by atoms with E-state index in [-0.39, 0.29) is 5.56 Å². The first-order valence-corrected chi connectivity index (χ1v) is 10.2. The molecule has 0 atom stereocenters. The van der Waals surface area contributed by atoms with Gasteiger partial charge >= 0.3 is 0 Å². The number of fused-ring (bicyclic) bond motifs is 1.